The molecular formula is C10H15ClN2O. The van der Waals surface area contributed by atoms with Gasteiger partial charge in [-0.05, 0) is 37.2 Å². The van der Waals surface area contributed by atoms with Crippen LogP contribution in [-0.4, -0.2) is 24.2 Å². The Labute approximate surface area is 89.9 Å². The van der Waals surface area contributed by atoms with Gasteiger partial charge in [0, 0.05) is 18.3 Å². The number of aromatic hydroxyl groups is 1. The molecule has 1 aliphatic rings. The molecule has 0 aromatic heterocycles. The van der Waals surface area contributed by atoms with E-state index in [2.05, 4.69) is 10.6 Å². The molecule has 1 atom stereocenters. The Morgan fingerprint density at radius 2 is 2.00 bits per heavy atom. The third kappa shape index (κ3) is 2.79. The molecule has 1 aromatic rings. The van der Waals surface area contributed by atoms with E-state index in [1.165, 1.54) is 6.42 Å². The number of phenols is 1. The molecule has 1 aliphatic heterocycles. The van der Waals surface area contributed by atoms with Gasteiger partial charge in [0.15, 0.2) is 0 Å². The van der Waals surface area contributed by atoms with Gasteiger partial charge in [-0.3, -0.25) is 0 Å². The number of hydrogen-bond acceptors (Lipinski definition) is 3. The molecule has 78 valence electrons. The van der Waals surface area contributed by atoms with E-state index >= 15 is 0 Å². The van der Waals surface area contributed by atoms with Gasteiger partial charge >= 0.3 is 0 Å². The van der Waals surface area contributed by atoms with Crippen molar-refractivity contribution in [2.75, 3.05) is 18.4 Å². The van der Waals surface area contributed by atoms with Crippen molar-refractivity contribution in [3.8, 4) is 5.75 Å². The number of halogens is 1. The molecular weight excluding hydrogens is 200 g/mol. The summed E-state index contributed by atoms with van der Waals surface area (Å²) in [6.45, 7) is 2.12. The van der Waals surface area contributed by atoms with Gasteiger partial charge in [0.2, 0.25) is 0 Å². The minimum absolute atomic E-state index is 0. The smallest absolute Gasteiger partial charge is 0.115 e. The minimum atomic E-state index is 0. The zero-order chi connectivity index (χ0) is 9.10. The van der Waals surface area contributed by atoms with Gasteiger partial charge < -0.3 is 15.7 Å². The fourth-order valence-corrected chi connectivity index (χ4v) is 1.57. The second-order valence-electron chi connectivity index (χ2n) is 3.38. The first-order chi connectivity index (χ1) is 6.34. The Morgan fingerprint density at radius 3 is 2.57 bits per heavy atom. The highest BCUT2D eigenvalue weighted by Gasteiger charge is 2.13. The lowest BCUT2D eigenvalue weighted by Crippen LogP contribution is -2.21. The predicted molar refractivity (Wildman–Crippen MR) is 60.3 cm³/mol. The first-order valence-corrected chi connectivity index (χ1v) is 4.61. The SMILES string of the molecule is Cl.Oc1ccc(NC2CCNC2)cc1. The monoisotopic (exact) mass is 214 g/mol. The summed E-state index contributed by atoms with van der Waals surface area (Å²) in [6.07, 6.45) is 1.17. The molecule has 1 saturated heterocycles. The van der Waals surface area contributed by atoms with Gasteiger partial charge in [-0.25, -0.2) is 0 Å². The first kappa shape index (κ1) is 11.1. The van der Waals surface area contributed by atoms with Crippen LogP contribution in [-0.2, 0) is 0 Å². The van der Waals surface area contributed by atoms with Crippen LogP contribution in [0.2, 0.25) is 0 Å². The largest absolute Gasteiger partial charge is 0.508 e. The fourth-order valence-electron chi connectivity index (χ4n) is 1.57. The van der Waals surface area contributed by atoms with Gasteiger partial charge in [0.1, 0.15) is 5.75 Å². The number of nitrogens with one attached hydrogen (secondary N) is 2. The van der Waals surface area contributed by atoms with E-state index in [1.807, 2.05) is 12.1 Å². The van der Waals surface area contributed by atoms with Crippen molar-refractivity contribution in [2.45, 2.75) is 12.5 Å². The third-order valence-corrected chi connectivity index (χ3v) is 2.30. The normalized spacial score (nSPS) is 20.1. The average molecular weight is 215 g/mol. The average Bonchev–Trinajstić information content (AvgIpc) is 2.62. The highest BCUT2D eigenvalue weighted by atomic mass is 35.5. The lowest BCUT2D eigenvalue weighted by atomic mass is 10.2. The minimum Gasteiger partial charge on any atom is -0.508 e. The first-order valence-electron chi connectivity index (χ1n) is 4.61. The molecule has 0 aliphatic carbocycles. The number of phenolic OH excluding ortho intramolecular Hbond substituents is 1. The van der Waals surface area contributed by atoms with Gasteiger partial charge in [0.05, 0.1) is 0 Å². The number of hydrogen-bond donors (Lipinski definition) is 3. The van der Waals surface area contributed by atoms with E-state index in [-0.39, 0.29) is 12.4 Å². The maximum Gasteiger partial charge on any atom is 0.115 e. The van der Waals surface area contributed by atoms with Gasteiger partial charge in [0.25, 0.3) is 0 Å². The van der Waals surface area contributed by atoms with Crippen molar-refractivity contribution < 1.29 is 5.11 Å². The molecule has 1 fully saturated rings. The second-order valence-corrected chi connectivity index (χ2v) is 3.38. The summed E-state index contributed by atoms with van der Waals surface area (Å²) >= 11 is 0. The molecule has 0 bridgehead atoms. The van der Waals surface area contributed by atoms with E-state index < -0.39 is 0 Å². The Balaban J connectivity index is 0.000000980. The molecule has 3 nitrogen and oxygen atoms in total. The van der Waals surface area contributed by atoms with Crippen molar-refractivity contribution in [3.05, 3.63) is 24.3 Å². The second kappa shape index (κ2) is 5.08. The Morgan fingerprint density at radius 1 is 1.29 bits per heavy atom. The molecule has 1 unspecified atom stereocenters. The molecule has 2 rings (SSSR count). The number of rotatable bonds is 2. The molecule has 14 heavy (non-hydrogen) atoms. The summed E-state index contributed by atoms with van der Waals surface area (Å²) in [7, 11) is 0. The molecule has 0 radical (unpaired) electrons. The summed E-state index contributed by atoms with van der Waals surface area (Å²) < 4.78 is 0. The lowest BCUT2D eigenvalue weighted by Gasteiger charge is -2.12. The number of anilines is 1. The van der Waals surface area contributed by atoms with Gasteiger partial charge in [-0.2, -0.15) is 0 Å². The summed E-state index contributed by atoms with van der Waals surface area (Å²) in [5.74, 6) is 0.315. The van der Waals surface area contributed by atoms with Crippen LogP contribution in [0.4, 0.5) is 5.69 Å². The van der Waals surface area contributed by atoms with E-state index in [0.717, 1.165) is 18.8 Å². The van der Waals surface area contributed by atoms with Crippen LogP contribution >= 0.6 is 12.4 Å². The van der Waals surface area contributed by atoms with Crippen molar-refractivity contribution in [3.63, 3.8) is 0 Å². The van der Waals surface area contributed by atoms with Crippen LogP contribution in [0.15, 0.2) is 24.3 Å². The molecule has 4 heteroatoms. The molecule has 1 aromatic carbocycles. The van der Waals surface area contributed by atoms with Crippen molar-refractivity contribution in [2.24, 2.45) is 0 Å². The quantitative estimate of drug-likeness (QED) is 0.656. The molecule has 1 heterocycles. The van der Waals surface area contributed by atoms with E-state index in [9.17, 15) is 0 Å². The van der Waals surface area contributed by atoms with E-state index in [4.69, 9.17) is 5.11 Å². The predicted octanol–water partition coefficient (Wildman–Crippen LogP) is 1.59. The van der Waals surface area contributed by atoms with Crippen LogP contribution in [0.1, 0.15) is 6.42 Å². The molecule has 0 spiro atoms. The molecule has 0 saturated carbocycles. The van der Waals surface area contributed by atoms with Crippen LogP contribution < -0.4 is 10.6 Å². The zero-order valence-electron chi connectivity index (χ0n) is 7.86. The highest BCUT2D eigenvalue weighted by molar-refractivity contribution is 5.85. The summed E-state index contributed by atoms with van der Waals surface area (Å²) in [5.41, 5.74) is 1.08. The van der Waals surface area contributed by atoms with Crippen LogP contribution in [0.5, 0.6) is 5.75 Å². The van der Waals surface area contributed by atoms with Crippen LogP contribution in [0.3, 0.4) is 0 Å². The fraction of sp³-hybridized carbons (Fsp3) is 0.400. The highest BCUT2D eigenvalue weighted by Crippen LogP contribution is 2.15. The Bertz CT molecular complexity index is 270. The Kier molecular flexibility index (Phi) is 4.04. The maximum atomic E-state index is 9.08. The van der Waals surface area contributed by atoms with Gasteiger partial charge in [-0.15, -0.1) is 12.4 Å². The van der Waals surface area contributed by atoms with Crippen LogP contribution in [0, 0.1) is 0 Å². The van der Waals surface area contributed by atoms with E-state index in [1.54, 1.807) is 12.1 Å². The topological polar surface area (TPSA) is 44.3 Å². The molecule has 3 N–H and O–H groups in total. The Hall–Kier alpha value is -0.930. The van der Waals surface area contributed by atoms with Gasteiger partial charge in [-0.1, -0.05) is 0 Å². The zero-order valence-corrected chi connectivity index (χ0v) is 8.68. The summed E-state index contributed by atoms with van der Waals surface area (Å²) in [4.78, 5) is 0. The van der Waals surface area contributed by atoms with Crippen LogP contribution in [0.25, 0.3) is 0 Å². The van der Waals surface area contributed by atoms with Crippen molar-refractivity contribution in [1.82, 2.24) is 5.32 Å². The number of benzene rings is 1. The maximum absolute atomic E-state index is 9.08. The third-order valence-electron chi connectivity index (χ3n) is 2.30. The standard InChI is InChI=1S/C10H14N2O.ClH/c13-10-3-1-8(2-4-10)12-9-5-6-11-7-9;/h1-4,9,11-13H,5-7H2;1H. The summed E-state index contributed by atoms with van der Waals surface area (Å²) in [5, 5.41) is 15.8. The van der Waals surface area contributed by atoms with Crippen molar-refractivity contribution in [1.29, 1.82) is 0 Å². The van der Waals surface area contributed by atoms with E-state index in [0.29, 0.717) is 11.8 Å². The summed E-state index contributed by atoms with van der Waals surface area (Å²) in [6, 6.07) is 7.72. The molecule has 0 amide bonds. The van der Waals surface area contributed by atoms with Crippen molar-refractivity contribution >= 4 is 18.1 Å². The lowest BCUT2D eigenvalue weighted by molar-refractivity contribution is 0.475.